The van der Waals surface area contributed by atoms with E-state index in [9.17, 15) is 9.18 Å². The van der Waals surface area contributed by atoms with Crippen molar-refractivity contribution in [2.24, 2.45) is 0 Å². The van der Waals surface area contributed by atoms with E-state index in [2.05, 4.69) is 5.32 Å². The van der Waals surface area contributed by atoms with Gasteiger partial charge in [-0.2, -0.15) is 0 Å². The van der Waals surface area contributed by atoms with Gasteiger partial charge in [-0.3, -0.25) is 4.79 Å². The fraction of sp³-hybridized carbons (Fsp3) is 0.0500. The Labute approximate surface area is 150 Å². The van der Waals surface area contributed by atoms with Crippen molar-refractivity contribution in [1.29, 1.82) is 0 Å². The van der Waals surface area contributed by atoms with E-state index in [0.29, 0.717) is 11.4 Å². The van der Waals surface area contributed by atoms with Crippen molar-refractivity contribution in [2.75, 3.05) is 11.1 Å². The molecule has 1 amide bonds. The molecule has 5 heteroatoms. The minimum Gasteiger partial charge on any atom is -0.399 e. The Morgan fingerprint density at radius 3 is 2.20 bits per heavy atom. The van der Waals surface area contributed by atoms with Crippen LogP contribution in [0.5, 0.6) is 0 Å². The van der Waals surface area contributed by atoms with E-state index in [1.807, 2.05) is 54.6 Å². The summed E-state index contributed by atoms with van der Waals surface area (Å²) in [4.78, 5) is 13.8. The molecule has 0 aliphatic rings. The molecule has 3 aromatic carbocycles. The zero-order valence-corrected chi connectivity index (χ0v) is 14.2. The highest BCUT2D eigenvalue weighted by Crippen LogP contribution is 2.36. The third kappa shape index (κ3) is 4.61. The molecular formula is C20H17FN2OS. The lowest BCUT2D eigenvalue weighted by Crippen LogP contribution is -2.19. The van der Waals surface area contributed by atoms with Gasteiger partial charge in [0.15, 0.2) is 0 Å². The molecule has 0 heterocycles. The van der Waals surface area contributed by atoms with Crippen LogP contribution in [0.15, 0.2) is 83.8 Å². The minimum atomic E-state index is -0.435. The number of carbonyl (C=O) groups excluding carboxylic acids is 1. The molecule has 0 radical (unpaired) electrons. The molecule has 0 fully saturated rings. The zero-order valence-electron chi connectivity index (χ0n) is 13.4. The van der Waals surface area contributed by atoms with E-state index in [1.165, 1.54) is 23.9 Å². The van der Waals surface area contributed by atoms with E-state index >= 15 is 0 Å². The Kier molecular flexibility index (Phi) is 5.36. The summed E-state index contributed by atoms with van der Waals surface area (Å²) in [5, 5.41) is 2.41. The topological polar surface area (TPSA) is 55.1 Å². The van der Waals surface area contributed by atoms with Gasteiger partial charge in [0.2, 0.25) is 5.91 Å². The maximum absolute atomic E-state index is 13.0. The summed E-state index contributed by atoms with van der Waals surface area (Å²) in [6.45, 7) is 0. The van der Waals surface area contributed by atoms with Crippen LogP contribution >= 0.6 is 11.8 Å². The molecule has 0 saturated heterocycles. The normalized spacial score (nSPS) is 11.7. The van der Waals surface area contributed by atoms with Gasteiger partial charge in [-0.1, -0.05) is 30.3 Å². The van der Waals surface area contributed by atoms with Gasteiger partial charge in [-0.05, 0) is 54.1 Å². The molecule has 0 aromatic heterocycles. The highest BCUT2D eigenvalue weighted by molar-refractivity contribution is 8.00. The fourth-order valence-electron chi connectivity index (χ4n) is 2.32. The molecule has 1 unspecified atom stereocenters. The van der Waals surface area contributed by atoms with Crippen LogP contribution in [0, 0.1) is 5.82 Å². The molecular weight excluding hydrogens is 335 g/mol. The number of nitrogen functional groups attached to an aromatic ring is 1. The molecule has 1 atom stereocenters. The van der Waals surface area contributed by atoms with Crippen LogP contribution in [0.3, 0.4) is 0 Å². The molecule has 3 rings (SSSR count). The molecule has 0 spiro atoms. The summed E-state index contributed by atoms with van der Waals surface area (Å²) in [6.07, 6.45) is 0. The van der Waals surface area contributed by atoms with Crippen molar-refractivity contribution < 1.29 is 9.18 Å². The highest BCUT2D eigenvalue weighted by atomic mass is 32.2. The number of anilines is 2. The Bertz CT molecular complexity index is 836. The number of benzene rings is 3. The molecule has 3 nitrogen and oxygen atoms in total. The number of halogens is 1. The maximum Gasteiger partial charge on any atom is 0.242 e. The smallest absolute Gasteiger partial charge is 0.242 e. The van der Waals surface area contributed by atoms with Crippen molar-refractivity contribution in [3.8, 4) is 0 Å². The van der Waals surface area contributed by atoms with Crippen LogP contribution < -0.4 is 11.1 Å². The van der Waals surface area contributed by atoms with Gasteiger partial charge in [-0.15, -0.1) is 11.8 Å². The fourth-order valence-corrected chi connectivity index (χ4v) is 3.35. The third-order valence-electron chi connectivity index (χ3n) is 3.59. The van der Waals surface area contributed by atoms with Crippen molar-refractivity contribution in [1.82, 2.24) is 0 Å². The number of carbonyl (C=O) groups is 1. The molecule has 126 valence electrons. The van der Waals surface area contributed by atoms with Crippen LogP contribution in [-0.4, -0.2) is 5.91 Å². The first-order valence-corrected chi connectivity index (χ1v) is 8.63. The summed E-state index contributed by atoms with van der Waals surface area (Å²) in [6, 6.07) is 22.7. The number of rotatable bonds is 5. The largest absolute Gasteiger partial charge is 0.399 e. The van der Waals surface area contributed by atoms with E-state index in [4.69, 9.17) is 5.73 Å². The van der Waals surface area contributed by atoms with E-state index in [0.717, 1.165) is 10.5 Å². The predicted octanol–water partition coefficient (Wildman–Crippen LogP) is 4.88. The lowest BCUT2D eigenvalue weighted by molar-refractivity contribution is -0.115. The van der Waals surface area contributed by atoms with E-state index in [-0.39, 0.29) is 11.7 Å². The van der Waals surface area contributed by atoms with Crippen LogP contribution in [0.4, 0.5) is 15.8 Å². The average molecular weight is 352 g/mol. The maximum atomic E-state index is 13.0. The lowest BCUT2D eigenvalue weighted by atomic mass is 10.1. The Balaban J connectivity index is 1.83. The Morgan fingerprint density at radius 1 is 0.920 bits per heavy atom. The lowest BCUT2D eigenvalue weighted by Gasteiger charge is -2.17. The number of hydrogen-bond acceptors (Lipinski definition) is 3. The minimum absolute atomic E-state index is 0.167. The summed E-state index contributed by atoms with van der Waals surface area (Å²) < 4.78 is 13.0. The quantitative estimate of drug-likeness (QED) is 0.508. The zero-order chi connectivity index (χ0) is 17.6. The van der Waals surface area contributed by atoms with Gasteiger partial charge in [0.05, 0.1) is 0 Å². The second-order valence-corrected chi connectivity index (χ2v) is 6.65. The number of hydrogen-bond donors (Lipinski definition) is 2. The number of amides is 1. The van der Waals surface area contributed by atoms with Crippen molar-refractivity contribution in [2.45, 2.75) is 10.1 Å². The molecule has 3 aromatic rings. The first-order valence-electron chi connectivity index (χ1n) is 7.75. The standard InChI is InChI=1S/C20H17FN2OS/c21-15-6-10-17(11-7-15)23-20(24)19(14-4-2-1-3-5-14)25-18-12-8-16(22)9-13-18/h1-13,19H,22H2,(H,23,24). The second kappa shape index (κ2) is 7.85. The number of nitrogens with one attached hydrogen (secondary N) is 1. The molecule has 0 aliphatic heterocycles. The summed E-state index contributed by atoms with van der Waals surface area (Å²) in [5.74, 6) is -0.506. The van der Waals surface area contributed by atoms with Gasteiger partial charge in [0, 0.05) is 16.3 Å². The highest BCUT2D eigenvalue weighted by Gasteiger charge is 2.22. The third-order valence-corrected chi connectivity index (χ3v) is 4.85. The molecule has 25 heavy (non-hydrogen) atoms. The van der Waals surface area contributed by atoms with Gasteiger partial charge < -0.3 is 11.1 Å². The average Bonchev–Trinajstić information content (AvgIpc) is 2.64. The van der Waals surface area contributed by atoms with Crippen LogP contribution in [0.25, 0.3) is 0 Å². The van der Waals surface area contributed by atoms with Gasteiger partial charge in [0.1, 0.15) is 11.1 Å². The van der Waals surface area contributed by atoms with Crippen LogP contribution in [0.1, 0.15) is 10.8 Å². The van der Waals surface area contributed by atoms with Gasteiger partial charge in [-0.25, -0.2) is 4.39 Å². The van der Waals surface area contributed by atoms with Crippen molar-refractivity contribution in [3.05, 3.63) is 90.2 Å². The predicted molar refractivity (Wildman–Crippen MR) is 101 cm³/mol. The first-order chi connectivity index (χ1) is 12.1. The molecule has 3 N–H and O–H groups in total. The molecule has 0 aliphatic carbocycles. The van der Waals surface area contributed by atoms with Crippen LogP contribution in [-0.2, 0) is 4.79 Å². The SMILES string of the molecule is Nc1ccc(SC(C(=O)Nc2ccc(F)cc2)c2ccccc2)cc1. The summed E-state index contributed by atoms with van der Waals surface area (Å²) >= 11 is 1.44. The Morgan fingerprint density at radius 2 is 1.56 bits per heavy atom. The van der Waals surface area contributed by atoms with Gasteiger partial charge in [0.25, 0.3) is 0 Å². The van der Waals surface area contributed by atoms with E-state index < -0.39 is 5.25 Å². The van der Waals surface area contributed by atoms with Gasteiger partial charge >= 0.3 is 0 Å². The van der Waals surface area contributed by atoms with Crippen molar-refractivity contribution in [3.63, 3.8) is 0 Å². The molecule has 0 saturated carbocycles. The van der Waals surface area contributed by atoms with E-state index in [1.54, 1.807) is 12.1 Å². The number of nitrogens with two attached hydrogens (primary N) is 1. The number of thioether (sulfide) groups is 1. The summed E-state index contributed by atoms with van der Waals surface area (Å²) in [5.41, 5.74) is 7.85. The van der Waals surface area contributed by atoms with Crippen LogP contribution in [0.2, 0.25) is 0 Å². The monoisotopic (exact) mass is 352 g/mol. The second-order valence-electron chi connectivity index (χ2n) is 5.47. The molecule has 0 bridgehead atoms. The first kappa shape index (κ1) is 17.0. The van der Waals surface area contributed by atoms with Crippen molar-refractivity contribution >= 4 is 29.0 Å². The Hall–Kier alpha value is -2.79. The summed E-state index contributed by atoms with van der Waals surface area (Å²) in [7, 11) is 0.